The second-order valence-corrected chi connectivity index (χ2v) is 4.95. The summed E-state index contributed by atoms with van der Waals surface area (Å²) >= 11 is 6.00. The van der Waals surface area contributed by atoms with Crippen molar-refractivity contribution in [2.24, 2.45) is 0 Å². The minimum atomic E-state index is -0.650. The third kappa shape index (κ3) is 5.23. The molecule has 1 rings (SSSR count). The van der Waals surface area contributed by atoms with E-state index in [9.17, 15) is 9.59 Å². The summed E-state index contributed by atoms with van der Waals surface area (Å²) in [5, 5.41) is 8.55. The molecule has 6 nitrogen and oxygen atoms in total. The summed E-state index contributed by atoms with van der Waals surface area (Å²) < 4.78 is 0. The van der Waals surface area contributed by atoms with Crippen molar-refractivity contribution in [2.45, 2.75) is 33.2 Å². The van der Waals surface area contributed by atoms with Gasteiger partial charge < -0.3 is 16.0 Å². The minimum Gasteiger partial charge on any atom is -0.370 e. The third-order valence-electron chi connectivity index (χ3n) is 2.71. The highest BCUT2D eigenvalue weighted by Crippen LogP contribution is 2.16. The van der Waals surface area contributed by atoms with Crippen LogP contribution in [0, 0.1) is 0 Å². The Morgan fingerprint density at radius 2 is 2.05 bits per heavy atom. The molecule has 1 aromatic heterocycles. The molecule has 0 aliphatic rings. The number of carbonyl (C=O) groups excluding carboxylic acids is 2. The SMILES string of the molecule is CCCNc1ccc(Cl)c(C(=O)NC(C)C(=O)NCC)n1. The van der Waals surface area contributed by atoms with Gasteiger partial charge in [0.05, 0.1) is 5.02 Å². The van der Waals surface area contributed by atoms with Crippen molar-refractivity contribution in [3.63, 3.8) is 0 Å². The zero-order valence-corrected chi connectivity index (χ0v) is 13.3. The van der Waals surface area contributed by atoms with Crippen LogP contribution < -0.4 is 16.0 Å². The smallest absolute Gasteiger partial charge is 0.272 e. The second kappa shape index (κ2) is 8.46. The third-order valence-corrected chi connectivity index (χ3v) is 3.01. The number of amides is 2. The number of aromatic nitrogens is 1. The normalized spacial score (nSPS) is 11.6. The first kappa shape index (κ1) is 17.2. The van der Waals surface area contributed by atoms with Crippen molar-refractivity contribution in [1.82, 2.24) is 15.6 Å². The van der Waals surface area contributed by atoms with Gasteiger partial charge in [-0.25, -0.2) is 4.98 Å². The summed E-state index contributed by atoms with van der Waals surface area (Å²) in [6.07, 6.45) is 0.945. The quantitative estimate of drug-likeness (QED) is 0.717. The second-order valence-electron chi connectivity index (χ2n) is 4.54. The lowest BCUT2D eigenvalue weighted by atomic mass is 10.2. The Bertz CT molecular complexity index is 508. The fraction of sp³-hybridized carbons (Fsp3) is 0.500. The number of nitrogens with zero attached hydrogens (tertiary/aromatic N) is 1. The molecule has 0 radical (unpaired) electrons. The molecule has 116 valence electrons. The summed E-state index contributed by atoms with van der Waals surface area (Å²) in [5.41, 5.74) is 0.105. The van der Waals surface area contributed by atoms with Crippen LogP contribution in [0.2, 0.25) is 5.02 Å². The predicted molar refractivity (Wildman–Crippen MR) is 83.6 cm³/mol. The summed E-state index contributed by atoms with van der Waals surface area (Å²) in [5.74, 6) is -0.141. The van der Waals surface area contributed by atoms with Crippen molar-refractivity contribution in [3.05, 3.63) is 22.8 Å². The number of hydrogen-bond acceptors (Lipinski definition) is 4. The Hall–Kier alpha value is -1.82. The number of carbonyl (C=O) groups is 2. The molecule has 0 saturated heterocycles. The van der Waals surface area contributed by atoms with Gasteiger partial charge in [0, 0.05) is 13.1 Å². The van der Waals surface area contributed by atoms with Crippen molar-refractivity contribution in [2.75, 3.05) is 18.4 Å². The van der Waals surface area contributed by atoms with Gasteiger partial charge in [-0.15, -0.1) is 0 Å². The Labute approximate surface area is 129 Å². The van der Waals surface area contributed by atoms with Crippen LogP contribution in [-0.4, -0.2) is 35.9 Å². The standard InChI is InChI=1S/C14H21ClN4O2/c1-4-8-17-11-7-6-10(15)12(19-11)14(21)18-9(3)13(20)16-5-2/h6-7,9H,4-5,8H2,1-3H3,(H,16,20)(H,17,19)(H,18,21). The zero-order chi connectivity index (χ0) is 15.8. The number of anilines is 1. The average Bonchev–Trinajstić information content (AvgIpc) is 2.46. The van der Waals surface area contributed by atoms with Gasteiger partial charge in [0.2, 0.25) is 5.91 Å². The summed E-state index contributed by atoms with van der Waals surface area (Å²) in [6.45, 7) is 6.72. The number of nitrogens with one attached hydrogen (secondary N) is 3. The molecule has 0 spiro atoms. The van der Waals surface area contributed by atoms with E-state index in [0.717, 1.165) is 13.0 Å². The highest BCUT2D eigenvalue weighted by atomic mass is 35.5. The van der Waals surface area contributed by atoms with Crippen LogP contribution in [0.15, 0.2) is 12.1 Å². The summed E-state index contributed by atoms with van der Waals surface area (Å²) in [7, 11) is 0. The Morgan fingerprint density at radius 3 is 2.67 bits per heavy atom. The maximum absolute atomic E-state index is 12.1. The fourth-order valence-corrected chi connectivity index (χ4v) is 1.80. The van der Waals surface area contributed by atoms with E-state index in [0.29, 0.717) is 12.4 Å². The monoisotopic (exact) mass is 312 g/mol. The van der Waals surface area contributed by atoms with Gasteiger partial charge >= 0.3 is 0 Å². The molecule has 1 aromatic rings. The molecular weight excluding hydrogens is 292 g/mol. The predicted octanol–water partition coefficient (Wildman–Crippen LogP) is 1.81. The lowest BCUT2D eigenvalue weighted by molar-refractivity contribution is -0.122. The number of rotatable bonds is 7. The molecule has 2 amide bonds. The Balaban J connectivity index is 2.79. The largest absolute Gasteiger partial charge is 0.370 e. The van der Waals surface area contributed by atoms with E-state index in [1.165, 1.54) is 0 Å². The fourth-order valence-electron chi connectivity index (χ4n) is 1.61. The molecule has 7 heteroatoms. The van der Waals surface area contributed by atoms with Crippen molar-refractivity contribution in [3.8, 4) is 0 Å². The number of pyridine rings is 1. The van der Waals surface area contributed by atoms with Gasteiger partial charge in [-0.3, -0.25) is 9.59 Å². The van der Waals surface area contributed by atoms with Gasteiger partial charge in [-0.05, 0) is 32.4 Å². The van der Waals surface area contributed by atoms with Crippen LogP contribution in [0.5, 0.6) is 0 Å². The molecular formula is C14H21ClN4O2. The van der Waals surface area contributed by atoms with Gasteiger partial charge in [-0.2, -0.15) is 0 Å². The van der Waals surface area contributed by atoms with Gasteiger partial charge in [0.25, 0.3) is 5.91 Å². The van der Waals surface area contributed by atoms with Gasteiger partial charge in [-0.1, -0.05) is 18.5 Å². The maximum Gasteiger partial charge on any atom is 0.272 e. The molecule has 0 aliphatic heterocycles. The van der Waals surface area contributed by atoms with Crippen LogP contribution in [0.4, 0.5) is 5.82 Å². The number of likely N-dealkylation sites (N-methyl/N-ethyl adjacent to an activating group) is 1. The topological polar surface area (TPSA) is 83.1 Å². The van der Waals surface area contributed by atoms with E-state index in [4.69, 9.17) is 11.6 Å². The Morgan fingerprint density at radius 1 is 1.33 bits per heavy atom. The Kier molecular flexibility index (Phi) is 6.94. The highest BCUT2D eigenvalue weighted by molar-refractivity contribution is 6.33. The van der Waals surface area contributed by atoms with E-state index < -0.39 is 11.9 Å². The summed E-state index contributed by atoms with van der Waals surface area (Å²) in [4.78, 5) is 27.9. The van der Waals surface area contributed by atoms with Crippen molar-refractivity contribution in [1.29, 1.82) is 0 Å². The lowest BCUT2D eigenvalue weighted by Crippen LogP contribution is -2.45. The summed E-state index contributed by atoms with van der Waals surface area (Å²) in [6, 6.07) is 2.67. The van der Waals surface area contributed by atoms with Crippen LogP contribution in [0.25, 0.3) is 0 Å². The molecule has 0 fully saturated rings. The van der Waals surface area contributed by atoms with Crippen LogP contribution >= 0.6 is 11.6 Å². The molecule has 0 saturated carbocycles. The van der Waals surface area contributed by atoms with E-state index >= 15 is 0 Å². The first-order valence-corrected chi connectivity index (χ1v) is 7.36. The van der Waals surface area contributed by atoms with Crippen LogP contribution in [0.3, 0.4) is 0 Å². The first-order chi connectivity index (χ1) is 9.99. The van der Waals surface area contributed by atoms with Gasteiger partial charge in [0.1, 0.15) is 17.6 Å². The molecule has 1 atom stereocenters. The molecule has 1 heterocycles. The lowest BCUT2D eigenvalue weighted by Gasteiger charge is -2.14. The molecule has 0 bridgehead atoms. The highest BCUT2D eigenvalue weighted by Gasteiger charge is 2.19. The zero-order valence-electron chi connectivity index (χ0n) is 12.5. The first-order valence-electron chi connectivity index (χ1n) is 6.98. The molecule has 3 N–H and O–H groups in total. The van der Waals surface area contributed by atoms with Gasteiger partial charge in [0.15, 0.2) is 0 Å². The molecule has 1 unspecified atom stereocenters. The van der Waals surface area contributed by atoms with Crippen LogP contribution in [-0.2, 0) is 4.79 Å². The van der Waals surface area contributed by atoms with E-state index in [2.05, 4.69) is 20.9 Å². The van der Waals surface area contributed by atoms with Crippen LogP contribution in [0.1, 0.15) is 37.7 Å². The minimum absolute atomic E-state index is 0.105. The van der Waals surface area contributed by atoms with E-state index in [-0.39, 0.29) is 16.6 Å². The van der Waals surface area contributed by atoms with E-state index in [1.54, 1.807) is 19.1 Å². The maximum atomic E-state index is 12.1. The molecule has 0 aliphatic carbocycles. The molecule has 0 aromatic carbocycles. The number of hydrogen-bond donors (Lipinski definition) is 3. The van der Waals surface area contributed by atoms with E-state index in [1.807, 2.05) is 13.8 Å². The molecule has 21 heavy (non-hydrogen) atoms. The number of halogens is 1. The van der Waals surface area contributed by atoms with Crippen molar-refractivity contribution >= 4 is 29.2 Å². The van der Waals surface area contributed by atoms with Crippen molar-refractivity contribution < 1.29 is 9.59 Å². The average molecular weight is 313 g/mol.